The van der Waals surface area contributed by atoms with Crippen molar-refractivity contribution >= 4 is 33.8 Å². The van der Waals surface area contributed by atoms with Gasteiger partial charge in [-0.1, -0.05) is 66.7 Å². The van der Waals surface area contributed by atoms with Gasteiger partial charge >= 0.3 is 11.7 Å². The largest absolute Gasteiger partial charge is 0.500 e. The van der Waals surface area contributed by atoms with Crippen molar-refractivity contribution in [1.29, 1.82) is 0 Å². The van der Waals surface area contributed by atoms with Crippen molar-refractivity contribution in [1.82, 2.24) is 10.6 Å². The molecule has 5 rings (SSSR count). The zero-order valence-corrected chi connectivity index (χ0v) is 19.4. The molecule has 4 aromatic rings. The molecule has 0 fully saturated rings. The van der Waals surface area contributed by atoms with E-state index in [-0.39, 0.29) is 12.4 Å². The van der Waals surface area contributed by atoms with Crippen LogP contribution in [0.3, 0.4) is 0 Å². The second-order valence-electron chi connectivity index (χ2n) is 8.33. The van der Waals surface area contributed by atoms with Gasteiger partial charge in [-0.05, 0) is 46.5 Å². The molecular weight excluding hydrogens is 458 g/mol. The van der Waals surface area contributed by atoms with Gasteiger partial charge in [-0.25, -0.2) is 4.79 Å². The van der Waals surface area contributed by atoms with Crippen molar-refractivity contribution in [2.24, 2.45) is 0 Å². The molecule has 8 heteroatoms. The second-order valence-corrected chi connectivity index (χ2v) is 8.33. The van der Waals surface area contributed by atoms with Gasteiger partial charge < -0.3 is 20.5 Å². The number of benzene rings is 4. The molecule has 1 aliphatic rings. The zero-order valence-electron chi connectivity index (χ0n) is 19.4. The summed E-state index contributed by atoms with van der Waals surface area (Å²) in [5.41, 5.74) is 2.86. The average Bonchev–Trinajstić information content (AvgIpc) is 2.89. The summed E-state index contributed by atoms with van der Waals surface area (Å²) < 4.78 is 5.49. The Morgan fingerprint density at radius 3 is 2.39 bits per heavy atom. The molecular formula is C28H23N3O5. The SMILES string of the molecule is CCOc1cc(C2NC(=O)NC(c3ccc4ccccc4c3)=C2c2ccccc2)cc([N+](=O)[O-])c1O. The molecule has 0 spiro atoms. The topological polar surface area (TPSA) is 114 Å². The van der Waals surface area contributed by atoms with Gasteiger partial charge in [0.15, 0.2) is 5.75 Å². The van der Waals surface area contributed by atoms with E-state index < -0.39 is 28.4 Å². The van der Waals surface area contributed by atoms with Gasteiger partial charge in [0.05, 0.1) is 23.3 Å². The molecule has 0 saturated carbocycles. The number of aromatic hydroxyl groups is 1. The van der Waals surface area contributed by atoms with Crippen LogP contribution in [0, 0.1) is 10.1 Å². The van der Waals surface area contributed by atoms with Gasteiger partial charge in [0.25, 0.3) is 0 Å². The van der Waals surface area contributed by atoms with Crippen molar-refractivity contribution in [3.63, 3.8) is 0 Å². The first-order chi connectivity index (χ1) is 17.5. The Morgan fingerprint density at radius 2 is 1.67 bits per heavy atom. The van der Waals surface area contributed by atoms with Crippen LogP contribution < -0.4 is 15.4 Å². The summed E-state index contributed by atoms with van der Waals surface area (Å²) in [6, 6.07) is 25.0. The van der Waals surface area contributed by atoms with Gasteiger partial charge in [0.2, 0.25) is 5.75 Å². The maximum Gasteiger partial charge on any atom is 0.320 e. The molecule has 0 aliphatic carbocycles. The van der Waals surface area contributed by atoms with E-state index in [1.807, 2.05) is 72.8 Å². The number of nitro benzene ring substituents is 1. The standard InChI is InChI=1S/C28H23N3O5/c1-2-36-23-16-21(15-22(27(23)32)31(34)35)26-24(18-9-4-3-5-10-18)25(29-28(33)30-26)20-13-12-17-8-6-7-11-19(17)14-20/h3-16,26,32H,2H2,1H3,(H2,29,30,33). The number of carbonyl (C=O) groups excluding carboxylic acids is 1. The summed E-state index contributed by atoms with van der Waals surface area (Å²) >= 11 is 0. The quantitative estimate of drug-likeness (QED) is 0.239. The molecule has 0 saturated heterocycles. The van der Waals surface area contributed by atoms with Gasteiger partial charge in [-0.3, -0.25) is 10.1 Å². The highest BCUT2D eigenvalue weighted by atomic mass is 16.6. The Bertz CT molecular complexity index is 1510. The predicted molar refractivity (Wildman–Crippen MR) is 138 cm³/mol. The van der Waals surface area contributed by atoms with Crippen molar-refractivity contribution in [2.45, 2.75) is 13.0 Å². The van der Waals surface area contributed by atoms with Crippen molar-refractivity contribution < 1.29 is 19.6 Å². The molecule has 3 N–H and O–H groups in total. The van der Waals surface area contributed by atoms with Crippen molar-refractivity contribution in [3.8, 4) is 11.5 Å². The van der Waals surface area contributed by atoms with E-state index in [2.05, 4.69) is 10.6 Å². The van der Waals surface area contributed by atoms with E-state index in [0.717, 1.165) is 27.5 Å². The first kappa shape index (κ1) is 22.9. The molecule has 1 unspecified atom stereocenters. The lowest BCUT2D eigenvalue weighted by molar-refractivity contribution is -0.386. The van der Waals surface area contributed by atoms with Crippen molar-refractivity contribution in [2.75, 3.05) is 6.61 Å². The Hall–Kier alpha value is -4.85. The van der Waals surface area contributed by atoms with E-state index in [1.165, 1.54) is 12.1 Å². The van der Waals surface area contributed by atoms with E-state index in [0.29, 0.717) is 11.3 Å². The fourth-order valence-corrected chi connectivity index (χ4v) is 4.50. The summed E-state index contributed by atoms with van der Waals surface area (Å²) in [7, 11) is 0. The molecule has 0 radical (unpaired) electrons. The number of phenolic OH excluding ortho intramolecular Hbond substituents is 1. The highest BCUT2D eigenvalue weighted by molar-refractivity contribution is 6.04. The number of urea groups is 1. The number of rotatable bonds is 6. The lowest BCUT2D eigenvalue weighted by Crippen LogP contribution is -2.43. The Labute approximate surface area is 207 Å². The monoisotopic (exact) mass is 481 g/mol. The zero-order chi connectivity index (χ0) is 25.2. The fraction of sp³-hybridized carbons (Fsp3) is 0.107. The first-order valence-electron chi connectivity index (χ1n) is 11.5. The van der Waals surface area contributed by atoms with Gasteiger partial charge in [0, 0.05) is 11.6 Å². The number of hydrogen-bond donors (Lipinski definition) is 3. The molecule has 0 aromatic heterocycles. The lowest BCUT2D eigenvalue weighted by atomic mass is 9.87. The number of carbonyl (C=O) groups is 1. The molecule has 2 amide bonds. The average molecular weight is 482 g/mol. The van der Waals surface area contributed by atoms with E-state index in [9.17, 15) is 20.0 Å². The number of nitrogens with zero attached hydrogens (tertiary/aromatic N) is 1. The van der Waals surface area contributed by atoms with E-state index in [1.54, 1.807) is 6.92 Å². The molecule has 180 valence electrons. The molecule has 1 aliphatic heterocycles. The van der Waals surface area contributed by atoms with Crippen molar-refractivity contribution in [3.05, 3.63) is 112 Å². The molecule has 1 atom stereocenters. The van der Waals surface area contributed by atoms with Crippen LogP contribution in [-0.2, 0) is 0 Å². The van der Waals surface area contributed by atoms with Crippen LogP contribution in [0.2, 0.25) is 0 Å². The smallest absolute Gasteiger partial charge is 0.320 e. The molecule has 4 aromatic carbocycles. The summed E-state index contributed by atoms with van der Waals surface area (Å²) in [6.07, 6.45) is 0. The minimum Gasteiger partial charge on any atom is -0.500 e. The number of fused-ring (bicyclic) bond motifs is 1. The number of hydrogen-bond acceptors (Lipinski definition) is 5. The van der Waals surface area contributed by atoms with Crippen LogP contribution in [-0.4, -0.2) is 22.7 Å². The van der Waals surface area contributed by atoms with Crippen LogP contribution >= 0.6 is 0 Å². The van der Waals surface area contributed by atoms with E-state index >= 15 is 0 Å². The second kappa shape index (κ2) is 9.42. The Morgan fingerprint density at radius 1 is 0.944 bits per heavy atom. The van der Waals surface area contributed by atoms with Crippen LogP contribution in [0.15, 0.2) is 84.9 Å². The van der Waals surface area contributed by atoms with Gasteiger partial charge in [-0.15, -0.1) is 0 Å². The third-order valence-electron chi connectivity index (χ3n) is 6.10. The Balaban J connectivity index is 1.77. The van der Waals surface area contributed by atoms with Crippen LogP contribution in [0.1, 0.15) is 29.7 Å². The van der Waals surface area contributed by atoms with Crippen LogP contribution in [0.25, 0.3) is 22.0 Å². The molecule has 8 nitrogen and oxygen atoms in total. The minimum absolute atomic E-state index is 0.0193. The van der Waals surface area contributed by atoms with Crippen LogP contribution in [0.5, 0.6) is 11.5 Å². The molecule has 1 heterocycles. The fourth-order valence-electron chi connectivity index (χ4n) is 4.50. The number of nitro groups is 1. The summed E-state index contributed by atoms with van der Waals surface area (Å²) in [5.74, 6) is -0.569. The summed E-state index contributed by atoms with van der Waals surface area (Å²) in [5, 5.41) is 30.1. The Kier molecular flexibility index (Phi) is 6.00. The highest BCUT2D eigenvalue weighted by Gasteiger charge is 2.33. The normalized spacial score (nSPS) is 15.4. The number of phenols is 1. The summed E-state index contributed by atoms with van der Waals surface area (Å²) in [6.45, 7) is 1.92. The summed E-state index contributed by atoms with van der Waals surface area (Å²) in [4.78, 5) is 23.9. The molecule has 36 heavy (non-hydrogen) atoms. The number of ether oxygens (including phenoxy) is 1. The third-order valence-corrected chi connectivity index (χ3v) is 6.10. The van der Waals surface area contributed by atoms with Gasteiger partial charge in [0.1, 0.15) is 0 Å². The molecule has 0 bridgehead atoms. The third kappa shape index (κ3) is 4.20. The number of amides is 2. The minimum atomic E-state index is -0.749. The number of nitrogens with one attached hydrogen (secondary N) is 2. The maximum absolute atomic E-state index is 12.9. The van der Waals surface area contributed by atoms with Crippen LogP contribution in [0.4, 0.5) is 10.5 Å². The maximum atomic E-state index is 12.9. The van der Waals surface area contributed by atoms with E-state index in [4.69, 9.17) is 4.74 Å². The lowest BCUT2D eigenvalue weighted by Gasteiger charge is -2.31. The predicted octanol–water partition coefficient (Wildman–Crippen LogP) is 5.77. The van der Waals surface area contributed by atoms with Gasteiger partial charge in [-0.2, -0.15) is 0 Å². The first-order valence-corrected chi connectivity index (χ1v) is 11.5. The highest BCUT2D eigenvalue weighted by Crippen LogP contribution is 2.44.